The van der Waals surface area contributed by atoms with Crippen molar-refractivity contribution < 1.29 is 23.1 Å². The maximum Gasteiger partial charge on any atom is 0.414 e. The predicted molar refractivity (Wildman–Crippen MR) is 72.6 cm³/mol. The largest absolute Gasteiger partial charge is 0.465 e. The van der Waals surface area contributed by atoms with E-state index in [0.717, 1.165) is 0 Å². The van der Waals surface area contributed by atoms with Crippen molar-refractivity contribution in [1.29, 1.82) is 0 Å². The molecule has 1 N–H and O–H groups in total. The van der Waals surface area contributed by atoms with Gasteiger partial charge in [-0.15, -0.1) is 5.10 Å². The highest BCUT2D eigenvalue weighted by molar-refractivity contribution is 5.83. The van der Waals surface area contributed by atoms with Crippen molar-refractivity contribution in [2.45, 2.75) is 19.6 Å². The average molecular weight is 314 g/mol. The third kappa shape index (κ3) is 3.54. The van der Waals surface area contributed by atoms with E-state index >= 15 is 0 Å². The lowest BCUT2D eigenvalue weighted by molar-refractivity contribution is -0.142. The topological polar surface area (TPSA) is 71.2 Å². The van der Waals surface area contributed by atoms with Crippen molar-refractivity contribution in [3.63, 3.8) is 0 Å². The van der Waals surface area contributed by atoms with E-state index in [4.69, 9.17) is 5.11 Å². The van der Waals surface area contributed by atoms with Crippen LogP contribution >= 0.6 is 0 Å². The summed E-state index contributed by atoms with van der Waals surface area (Å²) >= 11 is 0. The first-order valence-corrected chi connectivity index (χ1v) is 6.39. The van der Waals surface area contributed by atoms with Gasteiger partial charge in [0.25, 0.3) is 0 Å². The van der Waals surface area contributed by atoms with Crippen LogP contribution in [0.15, 0.2) is 30.3 Å². The monoisotopic (exact) mass is 314 g/mol. The van der Waals surface area contributed by atoms with Crippen LogP contribution in [-0.4, -0.2) is 38.7 Å². The van der Waals surface area contributed by atoms with Crippen LogP contribution in [-0.2, 0) is 6.54 Å². The third-order valence-corrected chi connectivity index (χ3v) is 2.80. The number of rotatable bonds is 4. The number of carbonyl (C=O) groups is 1. The number of nitrogens with zero attached hydrogens (tertiary/aromatic N) is 4. The molecule has 0 radical (unpaired) electrons. The van der Waals surface area contributed by atoms with Gasteiger partial charge in [-0.1, -0.05) is 30.3 Å². The van der Waals surface area contributed by atoms with Gasteiger partial charge in [0, 0.05) is 12.1 Å². The van der Waals surface area contributed by atoms with E-state index in [1.54, 1.807) is 30.3 Å². The molecule has 0 saturated heterocycles. The average Bonchev–Trinajstić information content (AvgIpc) is 2.82. The Labute approximate surface area is 123 Å². The molecule has 0 aliphatic heterocycles. The van der Waals surface area contributed by atoms with Gasteiger partial charge in [-0.2, -0.15) is 18.2 Å². The quantitative estimate of drug-likeness (QED) is 0.941. The van der Waals surface area contributed by atoms with Gasteiger partial charge in [-0.05, 0) is 6.92 Å². The Bertz CT molecular complexity index is 655. The molecule has 0 aliphatic carbocycles. The summed E-state index contributed by atoms with van der Waals surface area (Å²) in [5, 5.41) is 12.9. The van der Waals surface area contributed by atoms with E-state index < -0.39 is 18.8 Å². The van der Waals surface area contributed by atoms with E-state index in [2.05, 4.69) is 10.1 Å². The Morgan fingerprint density at radius 1 is 1.32 bits per heavy atom. The Hall–Kier alpha value is -2.58. The molecular weight excluding hydrogens is 301 g/mol. The Kier molecular flexibility index (Phi) is 4.34. The summed E-state index contributed by atoms with van der Waals surface area (Å²) in [5.74, 6) is -0.314. The summed E-state index contributed by atoms with van der Waals surface area (Å²) in [5.41, 5.74) is 0.506. The number of benzene rings is 1. The van der Waals surface area contributed by atoms with Crippen LogP contribution in [0, 0.1) is 0 Å². The van der Waals surface area contributed by atoms with Crippen LogP contribution in [0.25, 0.3) is 11.4 Å². The van der Waals surface area contributed by atoms with Crippen molar-refractivity contribution in [3.05, 3.63) is 30.3 Å². The minimum atomic E-state index is -4.53. The van der Waals surface area contributed by atoms with Crippen LogP contribution in [0.4, 0.5) is 23.9 Å². The first-order chi connectivity index (χ1) is 10.3. The number of alkyl halides is 3. The Morgan fingerprint density at radius 2 is 1.95 bits per heavy atom. The fourth-order valence-corrected chi connectivity index (χ4v) is 1.88. The van der Waals surface area contributed by atoms with Crippen molar-refractivity contribution in [2.24, 2.45) is 0 Å². The zero-order chi connectivity index (χ0) is 16.3. The summed E-state index contributed by atoms with van der Waals surface area (Å²) in [4.78, 5) is 15.8. The maximum atomic E-state index is 12.6. The van der Waals surface area contributed by atoms with Gasteiger partial charge in [-0.3, -0.25) is 0 Å². The smallest absolute Gasteiger partial charge is 0.414 e. The van der Waals surface area contributed by atoms with Gasteiger partial charge in [-0.25, -0.2) is 14.4 Å². The van der Waals surface area contributed by atoms with Crippen molar-refractivity contribution in [3.8, 4) is 11.4 Å². The highest BCUT2D eigenvalue weighted by Crippen LogP contribution is 2.24. The number of anilines is 1. The molecule has 0 fully saturated rings. The van der Waals surface area contributed by atoms with E-state index in [0.29, 0.717) is 15.1 Å². The molecule has 6 nitrogen and oxygen atoms in total. The van der Waals surface area contributed by atoms with Gasteiger partial charge in [0.2, 0.25) is 5.95 Å². The minimum Gasteiger partial charge on any atom is -0.465 e. The summed E-state index contributed by atoms with van der Waals surface area (Å²) in [6, 6.07) is 8.39. The van der Waals surface area contributed by atoms with Gasteiger partial charge in [0.1, 0.15) is 6.54 Å². The first kappa shape index (κ1) is 15.8. The first-order valence-electron chi connectivity index (χ1n) is 6.39. The third-order valence-electron chi connectivity index (χ3n) is 2.80. The molecule has 0 spiro atoms. The van der Waals surface area contributed by atoms with E-state index in [1.807, 2.05) is 0 Å². The van der Waals surface area contributed by atoms with Crippen LogP contribution in [0.5, 0.6) is 0 Å². The Balaban J connectivity index is 2.50. The van der Waals surface area contributed by atoms with Crippen LogP contribution in [0.1, 0.15) is 6.92 Å². The van der Waals surface area contributed by atoms with Gasteiger partial charge < -0.3 is 5.11 Å². The van der Waals surface area contributed by atoms with Gasteiger partial charge in [0.05, 0.1) is 0 Å². The summed E-state index contributed by atoms with van der Waals surface area (Å²) in [6.45, 7) is 0.0506. The highest BCUT2D eigenvalue weighted by Gasteiger charge is 2.32. The normalized spacial score (nSPS) is 11.5. The maximum absolute atomic E-state index is 12.6. The molecule has 0 atom stereocenters. The molecule has 0 aliphatic rings. The van der Waals surface area contributed by atoms with Crippen LogP contribution < -0.4 is 4.90 Å². The predicted octanol–water partition coefficient (Wildman–Crippen LogP) is 3.01. The van der Waals surface area contributed by atoms with Crippen LogP contribution in [0.3, 0.4) is 0 Å². The molecule has 1 amide bonds. The lowest BCUT2D eigenvalue weighted by Gasteiger charge is -2.17. The minimum absolute atomic E-state index is 0.0413. The summed E-state index contributed by atoms with van der Waals surface area (Å²) in [6.07, 6.45) is -5.92. The van der Waals surface area contributed by atoms with Gasteiger partial charge in [0.15, 0.2) is 5.82 Å². The van der Waals surface area contributed by atoms with E-state index in [9.17, 15) is 18.0 Å². The number of halogens is 3. The molecule has 2 aromatic rings. The fraction of sp³-hybridized carbons (Fsp3) is 0.308. The zero-order valence-electron chi connectivity index (χ0n) is 11.6. The lowest BCUT2D eigenvalue weighted by Crippen LogP contribution is -2.33. The molecule has 1 aromatic carbocycles. The molecule has 22 heavy (non-hydrogen) atoms. The molecule has 0 bridgehead atoms. The number of carboxylic acid groups (broad SMARTS) is 1. The second kappa shape index (κ2) is 6.04. The van der Waals surface area contributed by atoms with Crippen molar-refractivity contribution in [1.82, 2.24) is 14.8 Å². The molecule has 1 aromatic heterocycles. The SMILES string of the molecule is CCN(C(=O)O)c1nc(-c2ccccc2)nn1CC(F)(F)F. The standard InChI is InChI=1S/C13H13F3N4O2/c1-2-19(12(21)22)11-17-10(9-6-4-3-5-7-9)18-20(11)8-13(14,15)16/h3-7H,2,8H2,1H3,(H,21,22). The summed E-state index contributed by atoms with van der Waals surface area (Å²) in [7, 11) is 0. The van der Waals surface area contributed by atoms with Gasteiger partial charge >= 0.3 is 12.3 Å². The highest BCUT2D eigenvalue weighted by atomic mass is 19.4. The van der Waals surface area contributed by atoms with E-state index in [-0.39, 0.29) is 18.3 Å². The number of hydrogen-bond acceptors (Lipinski definition) is 3. The molecule has 1 heterocycles. The second-order valence-corrected chi connectivity index (χ2v) is 4.40. The molecule has 0 unspecified atom stereocenters. The second-order valence-electron chi connectivity index (χ2n) is 4.40. The number of hydrogen-bond donors (Lipinski definition) is 1. The molecule has 9 heteroatoms. The fourth-order valence-electron chi connectivity index (χ4n) is 1.88. The molecule has 118 valence electrons. The zero-order valence-corrected chi connectivity index (χ0v) is 11.6. The Morgan fingerprint density at radius 3 is 2.45 bits per heavy atom. The van der Waals surface area contributed by atoms with E-state index in [1.165, 1.54) is 6.92 Å². The number of amides is 1. The lowest BCUT2D eigenvalue weighted by atomic mass is 10.2. The molecule has 2 rings (SSSR count). The van der Waals surface area contributed by atoms with Crippen LogP contribution in [0.2, 0.25) is 0 Å². The molecule has 0 saturated carbocycles. The number of aromatic nitrogens is 3. The van der Waals surface area contributed by atoms with Crippen molar-refractivity contribution in [2.75, 3.05) is 11.4 Å². The molecular formula is C13H13F3N4O2. The van der Waals surface area contributed by atoms with Crippen molar-refractivity contribution >= 4 is 12.0 Å². The summed E-state index contributed by atoms with van der Waals surface area (Å²) < 4.78 is 38.5.